The van der Waals surface area contributed by atoms with Crippen molar-refractivity contribution in [2.75, 3.05) is 13.1 Å². The van der Waals surface area contributed by atoms with Gasteiger partial charge >= 0.3 is 0 Å². The fourth-order valence-corrected chi connectivity index (χ4v) is 1.19. The van der Waals surface area contributed by atoms with Crippen molar-refractivity contribution in [2.45, 2.75) is 51.6 Å². The summed E-state index contributed by atoms with van der Waals surface area (Å²) in [5.41, 5.74) is 0. The van der Waals surface area contributed by atoms with E-state index >= 15 is 0 Å². The summed E-state index contributed by atoms with van der Waals surface area (Å²) in [7, 11) is 0. The predicted octanol–water partition coefficient (Wildman–Crippen LogP) is 2.17. The van der Waals surface area contributed by atoms with Gasteiger partial charge in [0.05, 0.1) is 0 Å². The topological polar surface area (TPSA) is 32.3 Å². The minimum absolute atomic E-state index is 0.00849. The van der Waals surface area contributed by atoms with Crippen LogP contribution in [0.1, 0.15) is 39.0 Å². The Hall–Kier alpha value is -0.220. The molecule has 0 radical (unpaired) electrons. The Bertz CT molecular complexity index is 123. The van der Waals surface area contributed by atoms with Crippen LogP contribution in [-0.4, -0.2) is 30.7 Å². The van der Waals surface area contributed by atoms with Gasteiger partial charge in [-0.15, -0.1) is 0 Å². The van der Waals surface area contributed by atoms with E-state index in [1.54, 1.807) is 0 Å². The van der Waals surface area contributed by atoms with Gasteiger partial charge in [0, 0.05) is 6.54 Å². The van der Waals surface area contributed by atoms with Crippen molar-refractivity contribution in [1.29, 1.82) is 0 Å². The molecule has 0 aromatic carbocycles. The maximum atomic E-state index is 11.8. The SMILES string of the molecule is CCCCCCCNCC(O)C(F)F. The third-order valence-electron chi connectivity index (χ3n) is 2.10. The van der Waals surface area contributed by atoms with Gasteiger partial charge in [-0.3, -0.25) is 0 Å². The molecule has 0 rings (SSSR count). The van der Waals surface area contributed by atoms with E-state index in [0.29, 0.717) is 6.54 Å². The second-order valence-corrected chi connectivity index (χ2v) is 3.52. The Morgan fingerprint density at radius 2 is 1.79 bits per heavy atom. The molecule has 1 atom stereocenters. The molecule has 0 aliphatic rings. The van der Waals surface area contributed by atoms with Crippen LogP contribution in [0.25, 0.3) is 0 Å². The molecule has 0 saturated heterocycles. The highest BCUT2D eigenvalue weighted by atomic mass is 19.3. The predicted molar refractivity (Wildman–Crippen MR) is 53.6 cm³/mol. The molecule has 0 saturated carbocycles. The average molecular weight is 209 g/mol. The van der Waals surface area contributed by atoms with Crippen molar-refractivity contribution in [1.82, 2.24) is 5.32 Å². The number of rotatable bonds is 9. The summed E-state index contributed by atoms with van der Waals surface area (Å²) in [6, 6.07) is 0. The van der Waals surface area contributed by atoms with E-state index in [0.717, 1.165) is 12.8 Å². The molecule has 0 spiro atoms. The van der Waals surface area contributed by atoms with Crippen LogP contribution in [0.5, 0.6) is 0 Å². The number of unbranched alkanes of at least 4 members (excludes halogenated alkanes) is 4. The standard InChI is InChI=1S/C10H21F2NO/c1-2-3-4-5-6-7-13-8-9(14)10(11)12/h9-10,13-14H,2-8H2,1H3. The fourth-order valence-electron chi connectivity index (χ4n) is 1.19. The molecule has 0 aliphatic heterocycles. The monoisotopic (exact) mass is 209 g/mol. The van der Waals surface area contributed by atoms with E-state index < -0.39 is 12.5 Å². The van der Waals surface area contributed by atoms with Crippen molar-refractivity contribution in [2.24, 2.45) is 0 Å². The first-order valence-corrected chi connectivity index (χ1v) is 5.35. The third-order valence-corrected chi connectivity index (χ3v) is 2.10. The van der Waals surface area contributed by atoms with Crippen molar-refractivity contribution in [3.05, 3.63) is 0 Å². The molecule has 0 bridgehead atoms. The largest absolute Gasteiger partial charge is 0.386 e. The van der Waals surface area contributed by atoms with Gasteiger partial charge in [-0.05, 0) is 13.0 Å². The van der Waals surface area contributed by atoms with Crippen LogP contribution in [0.4, 0.5) is 8.78 Å². The second kappa shape index (κ2) is 9.34. The van der Waals surface area contributed by atoms with E-state index in [1.807, 2.05) is 0 Å². The molecule has 0 aromatic rings. The van der Waals surface area contributed by atoms with Crippen LogP contribution in [0, 0.1) is 0 Å². The Labute approximate surface area is 84.7 Å². The van der Waals surface area contributed by atoms with Crippen LogP contribution in [0.15, 0.2) is 0 Å². The smallest absolute Gasteiger partial charge is 0.265 e. The zero-order valence-corrected chi connectivity index (χ0v) is 8.81. The van der Waals surface area contributed by atoms with Crippen LogP contribution in [0.2, 0.25) is 0 Å². The first-order valence-electron chi connectivity index (χ1n) is 5.35. The lowest BCUT2D eigenvalue weighted by Gasteiger charge is -2.10. The molecule has 1 unspecified atom stereocenters. The second-order valence-electron chi connectivity index (χ2n) is 3.52. The summed E-state index contributed by atoms with van der Waals surface area (Å²) >= 11 is 0. The maximum Gasteiger partial charge on any atom is 0.265 e. The zero-order valence-electron chi connectivity index (χ0n) is 8.81. The number of hydrogen-bond acceptors (Lipinski definition) is 2. The van der Waals surface area contributed by atoms with Crippen LogP contribution >= 0.6 is 0 Å². The van der Waals surface area contributed by atoms with Gasteiger partial charge in [-0.1, -0.05) is 32.6 Å². The highest BCUT2D eigenvalue weighted by molar-refractivity contribution is 4.61. The van der Waals surface area contributed by atoms with E-state index in [1.165, 1.54) is 19.3 Å². The summed E-state index contributed by atoms with van der Waals surface area (Å²) in [6.45, 7) is 2.86. The minimum atomic E-state index is -2.64. The highest BCUT2D eigenvalue weighted by Gasteiger charge is 2.15. The zero-order chi connectivity index (χ0) is 10.8. The van der Waals surface area contributed by atoms with E-state index in [2.05, 4.69) is 12.2 Å². The van der Waals surface area contributed by atoms with Crippen molar-refractivity contribution in [3.8, 4) is 0 Å². The number of aliphatic hydroxyl groups is 1. The summed E-state index contributed by atoms with van der Waals surface area (Å²) in [5, 5.41) is 11.6. The van der Waals surface area contributed by atoms with Crippen LogP contribution in [-0.2, 0) is 0 Å². The van der Waals surface area contributed by atoms with Crippen LogP contribution in [0.3, 0.4) is 0 Å². The molecule has 0 aliphatic carbocycles. The lowest BCUT2D eigenvalue weighted by atomic mass is 10.1. The minimum Gasteiger partial charge on any atom is -0.386 e. The third kappa shape index (κ3) is 8.38. The molecule has 0 amide bonds. The van der Waals surface area contributed by atoms with Gasteiger partial charge in [0.15, 0.2) is 0 Å². The average Bonchev–Trinajstić information content (AvgIpc) is 2.16. The molecule has 14 heavy (non-hydrogen) atoms. The number of halogens is 2. The normalized spacial score (nSPS) is 13.5. The molecule has 0 fully saturated rings. The van der Waals surface area contributed by atoms with Gasteiger partial charge in [0.2, 0.25) is 0 Å². The maximum absolute atomic E-state index is 11.8. The number of nitrogens with one attached hydrogen (secondary N) is 1. The first kappa shape index (κ1) is 13.8. The highest BCUT2D eigenvalue weighted by Crippen LogP contribution is 2.02. The molecule has 0 heterocycles. The first-order chi connectivity index (χ1) is 6.68. The van der Waals surface area contributed by atoms with Gasteiger partial charge < -0.3 is 10.4 Å². The Morgan fingerprint density at radius 1 is 1.14 bits per heavy atom. The van der Waals surface area contributed by atoms with E-state index in [4.69, 9.17) is 5.11 Å². The summed E-state index contributed by atoms with van der Waals surface area (Å²) in [4.78, 5) is 0. The van der Waals surface area contributed by atoms with Crippen LogP contribution < -0.4 is 5.32 Å². The van der Waals surface area contributed by atoms with Crippen molar-refractivity contribution < 1.29 is 13.9 Å². The lowest BCUT2D eigenvalue weighted by molar-refractivity contribution is -0.00317. The number of hydrogen-bond donors (Lipinski definition) is 2. The molecule has 4 heteroatoms. The Morgan fingerprint density at radius 3 is 2.36 bits per heavy atom. The fraction of sp³-hybridized carbons (Fsp3) is 1.00. The van der Waals surface area contributed by atoms with Crippen molar-refractivity contribution >= 4 is 0 Å². The molecule has 0 aromatic heterocycles. The summed E-state index contributed by atoms with van der Waals surface area (Å²) in [6.07, 6.45) is 1.61. The molecule has 2 N–H and O–H groups in total. The van der Waals surface area contributed by atoms with E-state index in [-0.39, 0.29) is 6.54 Å². The molecular weight excluding hydrogens is 188 g/mol. The van der Waals surface area contributed by atoms with E-state index in [9.17, 15) is 8.78 Å². The summed E-state index contributed by atoms with van der Waals surface area (Å²) in [5.74, 6) is 0. The quantitative estimate of drug-likeness (QED) is 0.570. The molecule has 2 nitrogen and oxygen atoms in total. The van der Waals surface area contributed by atoms with Gasteiger partial charge in [-0.25, -0.2) is 8.78 Å². The molecular formula is C10H21F2NO. The molecule has 86 valence electrons. The lowest BCUT2D eigenvalue weighted by Crippen LogP contribution is -2.32. The Balaban J connectivity index is 3.06. The van der Waals surface area contributed by atoms with Gasteiger partial charge in [0.1, 0.15) is 6.10 Å². The summed E-state index contributed by atoms with van der Waals surface area (Å²) < 4.78 is 23.6. The number of alkyl halides is 2. The van der Waals surface area contributed by atoms with Gasteiger partial charge in [-0.2, -0.15) is 0 Å². The number of aliphatic hydroxyl groups excluding tert-OH is 1. The van der Waals surface area contributed by atoms with Gasteiger partial charge in [0.25, 0.3) is 6.43 Å². The Kier molecular flexibility index (Phi) is 9.19. The van der Waals surface area contributed by atoms with Crippen molar-refractivity contribution in [3.63, 3.8) is 0 Å².